The van der Waals surface area contributed by atoms with Crippen LogP contribution in [0.25, 0.3) is 0 Å². The molecule has 0 aromatic heterocycles. The van der Waals surface area contributed by atoms with Gasteiger partial charge in [-0.25, -0.2) is 0 Å². The third-order valence-electron chi connectivity index (χ3n) is 2.84. The van der Waals surface area contributed by atoms with E-state index in [1.165, 1.54) is 0 Å². The third-order valence-corrected chi connectivity index (χ3v) is 2.84. The van der Waals surface area contributed by atoms with E-state index < -0.39 is 0 Å². The SMILES string of the molecule is CCOC(C)(C)CN1C(=O)CNC1C(C)C. The van der Waals surface area contributed by atoms with Gasteiger partial charge in [0.2, 0.25) is 5.91 Å². The van der Waals surface area contributed by atoms with Crippen molar-refractivity contribution >= 4 is 5.91 Å². The van der Waals surface area contributed by atoms with Crippen LogP contribution in [-0.2, 0) is 9.53 Å². The maximum Gasteiger partial charge on any atom is 0.237 e. The Balaban J connectivity index is 2.66. The topological polar surface area (TPSA) is 41.6 Å². The summed E-state index contributed by atoms with van der Waals surface area (Å²) in [6.45, 7) is 12.0. The number of ether oxygens (including phenoxy) is 1. The van der Waals surface area contributed by atoms with Crippen molar-refractivity contribution in [1.29, 1.82) is 0 Å². The smallest absolute Gasteiger partial charge is 0.237 e. The molecule has 1 amide bonds. The highest BCUT2D eigenvalue weighted by molar-refractivity contribution is 5.80. The fraction of sp³-hybridized carbons (Fsp3) is 0.917. The molecule has 1 fully saturated rings. The van der Waals surface area contributed by atoms with E-state index in [0.717, 1.165) is 0 Å². The van der Waals surface area contributed by atoms with Crippen molar-refractivity contribution in [1.82, 2.24) is 10.2 Å². The molecule has 1 N–H and O–H groups in total. The molecular weight excluding hydrogens is 204 g/mol. The average molecular weight is 228 g/mol. The normalized spacial score (nSPS) is 22.2. The summed E-state index contributed by atoms with van der Waals surface area (Å²) < 4.78 is 5.65. The second-order valence-corrected chi connectivity index (χ2v) is 5.28. The fourth-order valence-electron chi connectivity index (χ4n) is 2.19. The van der Waals surface area contributed by atoms with Gasteiger partial charge in [-0.05, 0) is 26.7 Å². The summed E-state index contributed by atoms with van der Waals surface area (Å²) in [5.41, 5.74) is -0.274. The molecule has 0 aromatic carbocycles. The van der Waals surface area contributed by atoms with Crippen molar-refractivity contribution in [2.24, 2.45) is 5.92 Å². The minimum atomic E-state index is -0.274. The Hall–Kier alpha value is -0.610. The molecule has 1 heterocycles. The fourth-order valence-corrected chi connectivity index (χ4v) is 2.19. The maximum atomic E-state index is 11.8. The van der Waals surface area contributed by atoms with Gasteiger partial charge in [0.1, 0.15) is 0 Å². The molecule has 0 aromatic rings. The van der Waals surface area contributed by atoms with Gasteiger partial charge < -0.3 is 9.64 Å². The number of nitrogens with one attached hydrogen (secondary N) is 1. The number of carbonyl (C=O) groups is 1. The van der Waals surface area contributed by atoms with E-state index >= 15 is 0 Å². The molecule has 0 aliphatic carbocycles. The van der Waals surface area contributed by atoms with Gasteiger partial charge >= 0.3 is 0 Å². The zero-order chi connectivity index (χ0) is 12.3. The molecule has 1 atom stereocenters. The van der Waals surface area contributed by atoms with Crippen LogP contribution in [0.4, 0.5) is 0 Å². The Labute approximate surface area is 98.3 Å². The minimum Gasteiger partial charge on any atom is -0.374 e. The summed E-state index contributed by atoms with van der Waals surface area (Å²) in [6, 6.07) is 0. The number of nitrogens with zero attached hydrogens (tertiary/aromatic N) is 1. The molecule has 0 bridgehead atoms. The predicted octanol–water partition coefficient (Wildman–Crippen LogP) is 1.22. The summed E-state index contributed by atoms with van der Waals surface area (Å²) in [5.74, 6) is 0.593. The highest BCUT2D eigenvalue weighted by Gasteiger charge is 2.36. The van der Waals surface area contributed by atoms with Crippen LogP contribution in [0.2, 0.25) is 0 Å². The first-order valence-corrected chi connectivity index (χ1v) is 6.04. The Morgan fingerprint density at radius 1 is 1.56 bits per heavy atom. The van der Waals surface area contributed by atoms with Gasteiger partial charge in [-0.15, -0.1) is 0 Å². The molecule has 1 rings (SSSR count). The van der Waals surface area contributed by atoms with Gasteiger partial charge in [0.25, 0.3) is 0 Å². The van der Waals surface area contributed by atoms with E-state index in [9.17, 15) is 4.79 Å². The number of hydrogen-bond donors (Lipinski definition) is 1. The molecule has 94 valence electrons. The number of rotatable bonds is 5. The van der Waals surface area contributed by atoms with Crippen LogP contribution in [0, 0.1) is 5.92 Å². The van der Waals surface area contributed by atoms with Crippen LogP contribution in [0.5, 0.6) is 0 Å². The van der Waals surface area contributed by atoms with Crippen molar-refractivity contribution in [3.63, 3.8) is 0 Å². The highest BCUT2D eigenvalue weighted by atomic mass is 16.5. The van der Waals surface area contributed by atoms with Gasteiger partial charge in [0.05, 0.1) is 24.9 Å². The molecule has 1 unspecified atom stereocenters. The van der Waals surface area contributed by atoms with Crippen molar-refractivity contribution < 1.29 is 9.53 Å². The van der Waals surface area contributed by atoms with Crippen LogP contribution in [-0.4, -0.2) is 42.3 Å². The standard InChI is InChI=1S/C12H24N2O2/c1-6-16-12(4,5)8-14-10(15)7-13-11(14)9(2)3/h9,11,13H,6-8H2,1-5H3. The molecule has 0 spiro atoms. The van der Waals surface area contributed by atoms with Crippen LogP contribution in [0.1, 0.15) is 34.6 Å². The van der Waals surface area contributed by atoms with E-state index in [1.54, 1.807) is 0 Å². The van der Waals surface area contributed by atoms with E-state index in [-0.39, 0.29) is 17.7 Å². The number of hydrogen-bond acceptors (Lipinski definition) is 3. The van der Waals surface area contributed by atoms with Gasteiger partial charge in [0.15, 0.2) is 0 Å². The van der Waals surface area contributed by atoms with Crippen molar-refractivity contribution in [2.75, 3.05) is 19.7 Å². The lowest BCUT2D eigenvalue weighted by molar-refractivity contribution is -0.133. The molecule has 16 heavy (non-hydrogen) atoms. The lowest BCUT2D eigenvalue weighted by Gasteiger charge is -2.34. The summed E-state index contributed by atoms with van der Waals surface area (Å²) >= 11 is 0. The first kappa shape index (κ1) is 13.5. The number of carbonyl (C=O) groups excluding carboxylic acids is 1. The predicted molar refractivity (Wildman–Crippen MR) is 64.0 cm³/mol. The van der Waals surface area contributed by atoms with Gasteiger partial charge in [0, 0.05) is 6.61 Å². The van der Waals surface area contributed by atoms with Gasteiger partial charge in [-0.3, -0.25) is 10.1 Å². The monoisotopic (exact) mass is 228 g/mol. The lowest BCUT2D eigenvalue weighted by atomic mass is 10.1. The highest BCUT2D eigenvalue weighted by Crippen LogP contribution is 2.19. The van der Waals surface area contributed by atoms with Crippen LogP contribution < -0.4 is 5.32 Å². The second kappa shape index (κ2) is 5.15. The number of amides is 1. The van der Waals surface area contributed by atoms with E-state index in [2.05, 4.69) is 19.2 Å². The Bertz CT molecular complexity index is 251. The lowest BCUT2D eigenvalue weighted by Crippen LogP contribution is -2.48. The molecular formula is C12H24N2O2. The Morgan fingerprint density at radius 2 is 2.19 bits per heavy atom. The Kier molecular flexibility index (Phi) is 4.33. The molecule has 1 aliphatic rings. The summed E-state index contributed by atoms with van der Waals surface area (Å²) in [4.78, 5) is 13.7. The average Bonchev–Trinajstić information content (AvgIpc) is 2.47. The molecule has 0 radical (unpaired) electrons. The minimum absolute atomic E-state index is 0.146. The van der Waals surface area contributed by atoms with Crippen molar-refractivity contribution in [3.8, 4) is 0 Å². The zero-order valence-corrected chi connectivity index (χ0v) is 11.0. The van der Waals surface area contributed by atoms with Crippen molar-refractivity contribution in [3.05, 3.63) is 0 Å². The molecule has 1 saturated heterocycles. The first-order valence-electron chi connectivity index (χ1n) is 6.04. The molecule has 0 saturated carbocycles. The van der Waals surface area contributed by atoms with Crippen molar-refractivity contribution in [2.45, 2.75) is 46.4 Å². The van der Waals surface area contributed by atoms with Crippen LogP contribution >= 0.6 is 0 Å². The summed E-state index contributed by atoms with van der Waals surface area (Å²) in [7, 11) is 0. The maximum absolute atomic E-state index is 11.8. The molecule has 4 nitrogen and oxygen atoms in total. The Morgan fingerprint density at radius 3 is 2.69 bits per heavy atom. The zero-order valence-electron chi connectivity index (χ0n) is 11.0. The third kappa shape index (κ3) is 3.19. The van der Waals surface area contributed by atoms with Gasteiger partial charge in [-0.1, -0.05) is 13.8 Å². The first-order chi connectivity index (χ1) is 7.37. The van der Waals surface area contributed by atoms with Crippen LogP contribution in [0.15, 0.2) is 0 Å². The van der Waals surface area contributed by atoms with E-state index in [1.807, 2.05) is 25.7 Å². The largest absolute Gasteiger partial charge is 0.374 e. The second-order valence-electron chi connectivity index (χ2n) is 5.28. The quantitative estimate of drug-likeness (QED) is 0.769. The molecule has 4 heteroatoms. The van der Waals surface area contributed by atoms with Crippen LogP contribution in [0.3, 0.4) is 0 Å². The summed E-state index contributed by atoms with van der Waals surface area (Å²) in [6.07, 6.45) is 0.146. The van der Waals surface area contributed by atoms with Gasteiger partial charge in [-0.2, -0.15) is 0 Å². The van der Waals surface area contributed by atoms with E-state index in [4.69, 9.17) is 4.74 Å². The molecule has 1 aliphatic heterocycles. The summed E-state index contributed by atoms with van der Waals surface area (Å²) in [5, 5.41) is 3.24. The van der Waals surface area contributed by atoms with E-state index in [0.29, 0.717) is 25.6 Å².